The quantitative estimate of drug-likeness (QED) is 0.514. The first-order valence-corrected chi connectivity index (χ1v) is 7.51. The van der Waals surface area contributed by atoms with Crippen LogP contribution < -0.4 is 0 Å². The van der Waals surface area contributed by atoms with E-state index in [1.165, 1.54) is 25.4 Å². The predicted octanol–water partition coefficient (Wildman–Crippen LogP) is 3.82. The van der Waals surface area contributed by atoms with Crippen molar-refractivity contribution < 1.29 is 0 Å². The molecule has 3 atom stereocenters. The van der Waals surface area contributed by atoms with Gasteiger partial charge in [0.2, 0.25) is 0 Å². The van der Waals surface area contributed by atoms with Gasteiger partial charge in [-0.3, -0.25) is 0 Å². The Morgan fingerprint density at radius 2 is 2.15 bits per heavy atom. The lowest BCUT2D eigenvalue weighted by Gasteiger charge is -2.57. The maximum atomic E-state index is 2.50. The Kier molecular flexibility index (Phi) is 1.56. The largest absolute Gasteiger partial charge is 0.0827 e. The number of hydrogen-bond acceptors (Lipinski definition) is 0. The smallest absolute Gasteiger partial charge is 0.0140 e. The Morgan fingerprint density at radius 3 is 2.85 bits per heavy atom. The third-order valence-corrected chi connectivity index (χ3v) is 7.16. The van der Waals surface area contributed by atoms with E-state index in [-0.39, 0.29) is 0 Å². The average Bonchev–Trinajstić information content (AvgIpc) is 2.48. The summed E-state index contributed by atoms with van der Waals surface area (Å²) in [5, 5.41) is 1.94. The molecule has 4 aliphatic rings. The Hall–Kier alpha value is 0.170. The van der Waals surface area contributed by atoms with E-state index in [0.717, 1.165) is 11.8 Å². The van der Waals surface area contributed by atoms with Crippen LogP contribution >= 0.6 is 7.92 Å². The molecule has 1 heterocycles. The maximum absolute atomic E-state index is 2.50. The van der Waals surface area contributed by atoms with E-state index in [4.69, 9.17) is 0 Å². The Bertz CT molecular complexity index is 287. The summed E-state index contributed by atoms with van der Waals surface area (Å²) < 4.78 is 0. The highest BCUT2D eigenvalue weighted by Crippen LogP contribution is 2.69. The minimum Gasteiger partial charge on any atom is -0.0827 e. The fourth-order valence-corrected chi connectivity index (χ4v) is 5.80. The van der Waals surface area contributed by atoms with E-state index in [1.54, 1.807) is 0 Å². The third kappa shape index (κ3) is 0.911. The molecule has 13 heavy (non-hydrogen) atoms. The zero-order valence-electron chi connectivity index (χ0n) is 8.93. The van der Waals surface area contributed by atoms with Crippen LogP contribution in [0.15, 0.2) is 10.9 Å². The van der Waals surface area contributed by atoms with Gasteiger partial charge < -0.3 is 0 Å². The van der Waals surface area contributed by atoms with Gasteiger partial charge in [0.25, 0.3) is 0 Å². The first-order chi connectivity index (χ1) is 6.10. The van der Waals surface area contributed by atoms with Gasteiger partial charge in [-0.1, -0.05) is 27.3 Å². The van der Waals surface area contributed by atoms with Crippen LogP contribution in [0.5, 0.6) is 0 Å². The van der Waals surface area contributed by atoms with Gasteiger partial charge >= 0.3 is 0 Å². The van der Waals surface area contributed by atoms with E-state index in [1.807, 2.05) is 10.9 Å². The molecule has 0 aromatic rings. The van der Waals surface area contributed by atoms with Crippen LogP contribution in [0.2, 0.25) is 0 Å². The molecule has 0 radical (unpaired) electrons. The highest BCUT2D eigenvalue weighted by molar-refractivity contribution is 7.61. The SMILES string of the molecule is CP1CCC2=C1CC1CC2C1(C)C. The molecule has 3 aliphatic carbocycles. The fraction of sp³-hybridized carbons (Fsp3) is 0.833. The molecule has 0 saturated heterocycles. The summed E-state index contributed by atoms with van der Waals surface area (Å²) in [6.45, 7) is 7.48. The van der Waals surface area contributed by atoms with E-state index in [2.05, 4.69) is 20.5 Å². The van der Waals surface area contributed by atoms with Crippen LogP contribution in [0.1, 0.15) is 33.1 Å². The molecule has 1 aliphatic heterocycles. The van der Waals surface area contributed by atoms with Crippen LogP contribution in [0.4, 0.5) is 0 Å². The normalized spacial score (nSPS) is 45.9. The Balaban J connectivity index is 2.01. The second kappa shape index (κ2) is 2.40. The first-order valence-electron chi connectivity index (χ1n) is 5.53. The van der Waals surface area contributed by atoms with Crippen molar-refractivity contribution in [1.82, 2.24) is 0 Å². The predicted molar refractivity (Wildman–Crippen MR) is 59.3 cm³/mol. The summed E-state index contributed by atoms with van der Waals surface area (Å²) in [5.41, 5.74) is 2.58. The van der Waals surface area contributed by atoms with Crippen LogP contribution in [0.25, 0.3) is 0 Å². The summed E-state index contributed by atoms with van der Waals surface area (Å²) in [7, 11) is 0.320. The summed E-state index contributed by atoms with van der Waals surface area (Å²) >= 11 is 0. The van der Waals surface area contributed by atoms with Crippen molar-refractivity contribution in [2.75, 3.05) is 12.8 Å². The summed E-state index contributed by atoms with van der Waals surface area (Å²) in [6, 6.07) is 0. The molecule has 1 fully saturated rings. The van der Waals surface area contributed by atoms with Crippen LogP contribution in [-0.2, 0) is 0 Å². The molecule has 3 unspecified atom stereocenters. The molecule has 0 N–H and O–H groups in total. The topological polar surface area (TPSA) is 0 Å². The molecule has 0 aromatic heterocycles. The van der Waals surface area contributed by atoms with Crippen molar-refractivity contribution in [2.45, 2.75) is 33.1 Å². The standard InChI is InChI=1S/C12H19P/c1-12(2)8-6-10(12)9-4-5-13(3)11(9)7-8/h8,10H,4-7H2,1-3H3. The van der Waals surface area contributed by atoms with E-state index in [9.17, 15) is 0 Å². The highest BCUT2D eigenvalue weighted by atomic mass is 31.1. The first kappa shape index (κ1) is 8.48. The van der Waals surface area contributed by atoms with Gasteiger partial charge in [-0.05, 0) is 54.7 Å². The molecule has 0 spiro atoms. The highest BCUT2D eigenvalue weighted by Gasteiger charge is 2.54. The van der Waals surface area contributed by atoms with Crippen molar-refractivity contribution >= 4 is 7.92 Å². The minimum absolute atomic E-state index is 0.320. The van der Waals surface area contributed by atoms with E-state index in [0.29, 0.717) is 13.3 Å². The number of rotatable bonds is 0. The van der Waals surface area contributed by atoms with Gasteiger partial charge in [0, 0.05) is 0 Å². The Morgan fingerprint density at radius 1 is 1.38 bits per heavy atom. The third-order valence-electron chi connectivity index (χ3n) is 4.88. The summed E-state index contributed by atoms with van der Waals surface area (Å²) in [4.78, 5) is 0. The van der Waals surface area contributed by atoms with Crippen LogP contribution in [0.3, 0.4) is 0 Å². The van der Waals surface area contributed by atoms with Crippen molar-refractivity contribution in [3.05, 3.63) is 10.9 Å². The zero-order valence-corrected chi connectivity index (χ0v) is 9.82. The molecule has 2 bridgehead atoms. The lowest BCUT2D eigenvalue weighted by molar-refractivity contribution is -0.00835. The van der Waals surface area contributed by atoms with Gasteiger partial charge in [-0.25, -0.2) is 0 Å². The van der Waals surface area contributed by atoms with Crippen LogP contribution in [-0.4, -0.2) is 12.8 Å². The molecule has 72 valence electrons. The molecule has 4 rings (SSSR count). The molecule has 1 heteroatoms. The second-order valence-electron chi connectivity index (χ2n) is 5.65. The molecular weight excluding hydrogens is 175 g/mol. The van der Waals surface area contributed by atoms with E-state index >= 15 is 0 Å². The Labute approximate surface area is 82.5 Å². The maximum Gasteiger partial charge on any atom is -0.0140 e. The van der Waals surface area contributed by atoms with Gasteiger partial charge in [-0.2, -0.15) is 0 Å². The monoisotopic (exact) mass is 194 g/mol. The fourth-order valence-electron chi connectivity index (χ4n) is 3.66. The van der Waals surface area contributed by atoms with Gasteiger partial charge in [0.05, 0.1) is 0 Å². The van der Waals surface area contributed by atoms with E-state index < -0.39 is 0 Å². The summed E-state index contributed by atoms with van der Waals surface area (Å²) in [6.07, 6.45) is 5.97. The molecular formula is C12H19P. The average molecular weight is 194 g/mol. The molecule has 0 nitrogen and oxygen atoms in total. The minimum atomic E-state index is 0.320. The van der Waals surface area contributed by atoms with Gasteiger partial charge in [-0.15, -0.1) is 0 Å². The number of hydrogen-bond donors (Lipinski definition) is 0. The van der Waals surface area contributed by atoms with Crippen molar-refractivity contribution in [1.29, 1.82) is 0 Å². The van der Waals surface area contributed by atoms with Crippen molar-refractivity contribution in [2.24, 2.45) is 17.3 Å². The van der Waals surface area contributed by atoms with Gasteiger partial charge in [0.1, 0.15) is 0 Å². The van der Waals surface area contributed by atoms with Gasteiger partial charge in [0.15, 0.2) is 0 Å². The lowest BCUT2D eigenvalue weighted by Crippen LogP contribution is -2.48. The van der Waals surface area contributed by atoms with Crippen molar-refractivity contribution in [3.8, 4) is 0 Å². The summed E-state index contributed by atoms with van der Waals surface area (Å²) in [5.74, 6) is 2.04. The molecule has 0 aromatic carbocycles. The number of allylic oxidation sites excluding steroid dienone is 2. The van der Waals surface area contributed by atoms with Crippen molar-refractivity contribution in [3.63, 3.8) is 0 Å². The molecule has 1 saturated carbocycles. The molecule has 0 amide bonds. The van der Waals surface area contributed by atoms with Crippen LogP contribution in [0, 0.1) is 17.3 Å². The lowest BCUT2D eigenvalue weighted by atomic mass is 9.48. The second-order valence-corrected chi connectivity index (χ2v) is 8.04. The zero-order chi connectivity index (χ0) is 9.22.